The summed E-state index contributed by atoms with van der Waals surface area (Å²) < 4.78 is 0. The van der Waals surface area contributed by atoms with Crippen LogP contribution < -0.4 is 0 Å². The van der Waals surface area contributed by atoms with Crippen LogP contribution in [0.1, 0.15) is 40.5 Å². The zero-order chi connectivity index (χ0) is 17.2. The average molecular weight is 331 g/mol. The molecule has 1 fully saturated rings. The number of benzene rings is 1. The second-order valence-electron chi connectivity index (χ2n) is 6.68. The second-order valence-corrected chi connectivity index (χ2v) is 6.68. The fourth-order valence-electron chi connectivity index (χ4n) is 3.10. The first-order chi connectivity index (χ1) is 12.2. The van der Waals surface area contributed by atoms with E-state index < -0.39 is 0 Å². The van der Waals surface area contributed by atoms with Gasteiger partial charge in [0.15, 0.2) is 0 Å². The molecule has 4 heteroatoms. The van der Waals surface area contributed by atoms with Gasteiger partial charge in [-0.15, -0.1) is 0 Å². The minimum atomic E-state index is 0.0523. The third kappa shape index (κ3) is 3.38. The molecular formula is C21H21N3O. The number of fused-ring (bicyclic) bond motifs is 1. The summed E-state index contributed by atoms with van der Waals surface area (Å²) in [6.45, 7) is 0.644. The Balaban J connectivity index is 1.60. The lowest BCUT2D eigenvalue weighted by Gasteiger charge is -2.18. The Hall–Kier alpha value is -2.75. The van der Waals surface area contributed by atoms with Crippen molar-refractivity contribution in [2.24, 2.45) is 0 Å². The van der Waals surface area contributed by atoms with E-state index in [-0.39, 0.29) is 5.91 Å². The lowest BCUT2D eigenvalue weighted by Crippen LogP contribution is -2.29. The Kier molecular flexibility index (Phi) is 4.18. The zero-order valence-electron chi connectivity index (χ0n) is 14.4. The maximum absolute atomic E-state index is 13.1. The first-order valence-corrected chi connectivity index (χ1v) is 8.77. The largest absolute Gasteiger partial charge is 0.341 e. The van der Waals surface area contributed by atoms with Crippen molar-refractivity contribution in [2.45, 2.75) is 25.2 Å². The number of rotatable bonds is 5. The third-order valence-corrected chi connectivity index (χ3v) is 4.74. The summed E-state index contributed by atoms with van der Waals surface area (Å²) in [4.78, 5) is 23.9. The van der Waals surface area contributed by atoms with Crippen molar-refractivity contribution in [1.29, 1.82) is 0 Å². The molecule has 0 unspecified atom stereocenters. The van der Waals surface area contributed by atoms with Gasteiger partial charge in [0.05, 0.1) is 11.1 Å². The van der Waals surface area contributed by atoms with E-state index in [0.717, 1.165) is 34.3 Å². The van der Waals surface area contributed by atoms with Crippen molar-refractivity contribution in [3.63, 3.8) is 0 Å². The Morgan fingerprint density at radius 3 is 2.72 bits per heavy atom. The van der Waals surface area contributed by atoms with Crippen molar-refractivity contribution < 1.29 is 4.79 Å². The summed E-state index contributed by atoms with van der Waals surface area (Å²) in [5.41, 5.74) is 3.73. The van der Waals surface area contributed by atoms with Gasteiger partial charge in [-0.25, -0.2) is 0 Å². The number of carbonyl (C=O) groups is 1. The number of aromatic nitrogens is 2. The van der Waals surface area contributed by atoms with Crippen LogP contribution in [0.25, 0.3) is 10.9 Å². The highest BCUT2D eigenvalue weighted by molar-refractivity contribution is 6.06. The summed E-state index contributed by atoms with van der Waals surface area (Å²) in [5.74, 6) is 0.575. The molecule has 1 aliphatic rings. The van der Waals surface area contributed by atoms with Gasteiger partial charge in [-0.3, -0.25) is 14.8 Å². The topological polar surface area (TPSA) is 46.1 Å². The van der Waals surface area contributed by atoms with E-state index in [0.29, 0.717) is 12.5 Å². The van der Waals surface area contributed by atoms with Gasteiger partial charge < -0.3 is 4.90 Å². The number of pyridine rings is 2. The van der Waals surface area contributed by atoms with Crippen LogP contribution in [0.5, 0.6) is 0 Å². The van der Waals surface area contributed by atoms with Gasteiger partial charge in [0.25, 0.3) is 5.91 Å². The zero-order valence-corrected chi connectivity index (χ0v) is 14.4. The minimum Gasteiger partial charge on any atom is -0.341 e. The van der Waals surface area contributed by atoms with Gasteiger partial charge in [0.1, 0.15) is 0 Å². The van der Waals surface area contributed by atoms with Gasteiger partial charge in [-0.2, -0.15) is 0 Å². The molecule has 0 spiro atoms. The molecule has 126 valence electrons. The minimum absolute atomic E-state index is 0.0523. The smallest absolute Gasteiger partial charge is 0.254 e. The van der Waals surface area contributed by atoms with Crippen LogP contribution in [0.15, 0.2) is 54.7 Å². The van der Waals surface area contributed by atoms with Crippen LogP contribution in [-0.2, 0) is 6.42 Å². The Morgan fingerprint density at radius 1 is 1.16 bits per heavy atom. The molecular weight excluding hydrogens is 310 g/mol. The average Bonchev–Trinajstić information content (AvgIpc) is 3.50. The molecule has 0 bridgehead atoms. The predicted octanol–water partition coefficient (Wildman–Crippen LogP) is 3.82. The van der Waals surface area contributed by atoms with E-state index in [9.17, 15) is 4.79 Å². The number of hydrogen-bond acceptors (Lipinski definition) is 3. The van der Waals surface area contributed by atoms with Crippen molar-refractivity contribution in [2.75, 3.05) is 13.6 Å². The van der Waals surface area contributed by atoms with E-state index in [1.54, 1.807) is 11.1 Å². The maximum Gasteiger partial charge on any atom is 0.254 e. The number of amides is 1. The molecule has 0 atom stereocenters. The van der Waals surface area contributed by atoms with Gasteiger partial charge in [0, 0.05) is 48.9 Å². The molecule has 1 aromatic carbocycles. The Bertz CT molecular complexity index is 903. The van der Waals surface area contributed by atoms with Crippen LogP contribution in [0.2, 0.25) is 0 Å². The van der Waals surface area contributed by atoms with E-state index in [1.165, 1.54) is 12.8 Å². The standard InChI is InChI=1S/C21H21N3O/c1-24(13-11-16-6-4-5-12-22-16)21(25)18-14-20(15-9-10-15)23-19-8-3-2-7-17(18)19/h2-8,12,14-15H,9-11,13H2,1H3. The third-order valence-electron chi connectivity index (χ3n) is 4.74. The van der Waals surface area contributed by atoms with E-state index in [1.807, 2.05) is 55.6 Å². The van der Waals surface area contributed by atoms with E-state index >= 15 is 0 Å². The summed E-state index contributed by atoms with van der Waals surface area (Å²) in [6.07, 6.45) is 4.89. The quantitative estimate of drug-likeness (QED) is 0.714. The molecule has 1 saturated carbocycles. The van der Waals surface area contributed by atoms with E-state index in [2.05, 4.69) is 4.98 Å². The lowest BCUT2D eigenvalue weighted by molar-refractivity contribution is 0.0798. The van der Waals surface area contributed by atoms with Crippen molar-refractivity contribution in [3.8, 4) is 0 Å². The predicted molar refractivity (Wildman–Crippen MR) is 98.6 cm³/mol. The monoisotopic (exact) mass is 331 g/mol. The van der Waals surface area contributed by atoms with Crippen LogP contribution in [0, 0.1) is 0 Å². The summed E-state index contributed by atoms with van der Waals surface area (Å²) in [5, 5.41) is 0.932. The van der Waals surface area contributed by atoms with E-state index in [4.69, 9.17) is 4.98 Å². The molecule has 1 aliphatic carbocycles. The Labute approximate surface area is 147 Å². The van der Waals surface area contributed by atoms with Gasteiger partial charge in [0.2, 0.25) is 0 Å². The molecule has 2 heterocycles. The number of para-hydroxylation sites is 1. The highest BCUT2D eigenvalue weighted by atomic mass is 16.2. The van der Waals surface area contributed by atoms with Crippen LogP contribution in [0.3, 0.4) is 0 Å². The number of hydrogen-bond donors (Lipinski definition) is 0. The molecule has 4 rings (SSSR count). The molecule has 0 saturated heterocycles. The maximum atomic E-state index is 13.1. The highest BCUT2D eigenvalue weighted by Gasteiger charge is 2.27. The summed E-state index contributed by atoms with van der Waals surface area (Å²) in [6, 6.07) is 15.8. The van der Waals surface area contributed by atoms with Gasteiger partial charge >= 0.3 is 0 Å². The fraction of sp³-hybridized carbons (Fsp3) is 0.286. The first-order valence-electron chi connectivity index (χ1n) is 8.77. The first kappa shape index (κ1) is 15.8. The molecule has 0 N–H and O–H groups in total. The van der Waals surface area contributed by atoms with Crippen molar-refractivity contribution in [1.82, 2.24) is 14.9 Å². The number of likely N-dealkylation sites (N-methyl/N-ethyl adjacent to an activating group) is 1. The summed E-state index contributed by atoms with van der Waals surface area (Å²) in [7, 11) is 1.86. The molecule has 1 amide bonds. The van der Waals surface area contributed by atoms with Crippen LogP contribution >= 0.6 is 0 Å². The van der Waals surface area contributed by atoms with Crippen molar-refractivity contribution in [3.05, 3.63) is 71.7 Å². The van der Waals surface area contributed by atoms with Gasteiger partial charge in [-0.1, -0.05) is 24.3 Å². The molecule has 25 heavy (non-hydrogen) atoms. The van der Waals surface area contributed by atoms with Gasteiger partial charge in [-0.05, 0) is 37.1 Å². The second kappa shape index (κ2) is 6.63. The summed E-state index contributed by atoms with van der Waals surface area (Å²) >= 11 is 0. The number of nitrogens with zero attached hydrogens (tertiary/aromatic N) is 3. The SMILES string of the molecule is CN(CCc1ccccn1)C(=O)c1cc(C2CC2)nc2ccccc12. The fourth-order valence-corrected chi connectivity index (χ4v) is 3.10. The number of carbonyl (C=O) groups excluding carboxylic acids is 1. The van der Waals surface area contributed by atoms with Crippen molar-refractivity contribution >= 4 is 16.8 Å². The molecule has 3 aromatic rings. The van der Waals surface area contributed by atoms with Crippen LogP contribution in [-0.4, -0.2) is 34.4 Å². The Morgan fingerprint density at radius 2 is 1.96 bits per heavy atom. The molecule has 0 aliphatic heterocycles. The molecule has 4 nitrogen and oxygen atoms in total. The molecule has 0 radical (unpaired) electrons. The molecule has 2 aromatic heterocycles. The lowest BCUT2D eigenvalue weighted by atomic mass is 10.0. The normalized spacial score (nSPS) is 13.8. The highest BCUT2D eigenvalue weighted by Crippen LogP contribution is 2.40. The van der Waals surface area contributed by atoms with Crippen LogP contribution in [0.4, 0.5) is 0 Å².